The van der Waals surface area contributed by atoms with Crippen molar-refractivity contribution in [3.63, 3.8) is 0 Å². The first-order chi connectivity index (χ1) is 14.4. The van der Waals surface area contributed by atoms with Crippen LogP contribution in [0.25, 0.3) is 11.3 Å². The first-order valence-corrected chi connectivity index (χ1v) is 10.4. The predicted octanol–water partition coefficient (Wildman–Crippen LogP) is 4.27. The molecule has 0 saturated heterocycles. The zero-order chi connectivity index (χ0) is 22.3. The molecule has 7 heteroatoms. The lowest BCUT2D eigenvalue weighted by Crippen LogP contribution is -2.36. The fraction of sp³-hybridized carbons (Fsp3) is 0.522. The zero-order valence-corrected chi connectivity index (χ0v) is 18.8. The number of carbonyl (C=O) groups is 2. The summed E-state index contributed by atoms with van der Waals surface area (Å²) in [5.74, 6) is 1.18. The average Bonchev–Trinajstić information content (AvgIpc) is 3.20. The summed E-state index contributed by atoms with van der Waals surface area (Å²) in [6, 6.07) is 6.79. The van der Waals surface area contributed by atoms with E-state index in [1.165, 1.54) is 0 Å². The van der Waals surface area contributed by atoms with Gasteiger partial charge in [0.15, 0.2) is 5.69 Å². The smallest absolute Gasteiger partial charge is 0.272 e. The lowest BCUT2D eigenvalue weighted by atomic mass is 10.0. The van der Waals surface area contributed by atoms with Crippen molar-refractivity contribution in [3.8, 4) is 22.8 Å². The Balaban J connectivity index is 2.53. The fourth-order valence-corrected chi connectivity index (χ4v) is 3.23. The van der Waals surface area contributed by atoms with Crippen molar-refractivity contribution in [2.45, 2.75) is 59.0 Å². The first-order valence-electron chi connectivity index (χ1n) is 10.4. The Morgan fingerprint density at radius 1 is 1.20 bits per heavy atom. The Morgan fingerprint density at radius 2 is 1.83 bits per heavy atom. The van der Waals surface area contributed by atoms with Crippen LogP contribution in [0.4, 0.5) is 0 Å². The van der Waals surface area contributed by atoms with E-state index < -0.39 is 6.04 Å². The molecule has 0 radical (unpaired) electrons. The molecule has 2 unspecified atom stereocenters. The highest BCUT2D eigenvalue weighted by molar-refractivity contribution is 5.95. The van der Waals surface area contributed by atoms with Gasteiger partial charge in [0.2, 0.25) is 0 Å². The molecule has 0 saturated carbocycles. The maximum Gasteiger partial charge on any atom is 0.272 e. The number of carbonyl (C=O) groups excluding carboxylic acids is 2. The maximum absolute atomic E-state index is 12.9. The molecule has 1 amide bonds. The van der Waals surface area contributed by atoms with E-state index in [0.717, 1.165) is 30.4 Å². The molecule has 164 valence electrons. The normalized spacial score (nSPS) is 13.0. The Hall–Kier alpha value is -2.83. The Kier molecular flexibility index (Phi) is 8.45. The van der Waals surface area contributed by atoms with Crippen LogP contribution < -0.4 is 14.8 Å². The van der Waals surface area contributed by atoms with Crippen LogP contribution in [0, 0.1) is 5.92 Å². The van der Waals surface area contributed by atoms with Gasteiger partial charge in [0.05, 0.1) is 37.6 Å². The molecule has 1 aromatic carbocycles. The van der Waals surface area contributed by atoms with Gasteiger partial charge in [0.25, 0.3) is 5.91 Å². The molecule has 30 heavy (non-hydrogen) atoms. The molecule has 0 aliphatic rings. The summed E-state index contributed by atoms with van der Waals surface area (Å²) < 4.78 is 13.0. The van der Waals surface area contributed by atoms with E-state index in [4.69, 9.17) is 9.47 Å². The number of rotatable bonds is 11. The summed E-state index contributed by atoms with van der Waals surface area (Å²) in [6.07, 6.45) is 3.22. The van der Waals surface area contributed by atoms with Crippen LogP contribution in [0.5, 0.6) is 11.5 Å². The molecule has 7 nitrogen and oxygen atoms in total. The van der Waals surface area contributed by atoms with Gasteiger partial charge in [-0.05, 0) is 37.5 Å². The fourth-order valence-electron chi connectivity index (χ4n) is 3.23. The summed E-state index contributed by atoms with van der Waals surface area (Å²) in [6.45, 7) is 8.30. The van der Waals surface area contributed by atoms with E-state index in [2.05, 4.69) is 31.2 Å². The highest BCUT2D eigenvalue weighted by Gasteiger charge is 2.25. The van der Waals surface area contributed by atoms with E-state index >= 15 is 0 Å². The van der Waals surface area contributed by atoms with E-state index in [1.807, 2.05) is 29.8 Å². The third-order valence-electron chi connectivity index (χ3n) is 5.35. The lowest BCUT2D eigenvalue weighted by Gasteiger charge is -2.21. The number of benzene rings is 1. The third kappa shape index (κ3) is 5.20. The van der Waals surface area contributed by atoms with Crippen LogP contribution in [0.15, 0.2) is 24.3 Å². The van der Waals surface area contributed by atoms with Crippen LogP contribution in [-0.4, -0.2) is 42.2 Å². The van der Waals surface area contributed by atoms with E-state index in [1.54, 1.807) is 20.3 Å². The van der Waals surface area contributed by atoms with Crippen molar-refractivity contribution in [1.82, 2.24) is 15.1 Å². The van der Waals surface area contributed by atoms with Gasteiger partial charge >= 0.3 is 0 Å². The number of aromatic nitrogens is 2. The second-order valence-corrected chi connectivity index (χ2v) is 7.74. The van der Waals surface area contributed by atoms with Crippen LogP contribution in [0.3, 0.4) is 0 Å². The van der Waals surface area contributed by atoms with Gasteiger partial charge < -0.3 is 19.6 Å². The number of amides is 1. The largest absolute Gasteiger partial charge is 0.496 e. The average molecular weight is 416 g/mol. The van der Waals surface area contributed by atoms with Gasteiger partial charge in [0.1, 0.15) is 17.8 Å². The predicted molar refractivity (Wildman–Crippen MR) is 117 cm³/mol. The van der Waals surface area contributed by atoms with Crippen molar-refractivity contribution < 1.29 is 19.1 Å². The number of hydrogen-bond acceptors (Lipinski definition) is 5. The maximum atomic E-state index is 12.9. The topological polar surface area (TPSA) is 82.5 Å². The molecule has 1 aromatic heterocycles. The van der Waals surface area contributed by atoms with Crippen LogP contribution in [0.2, 0.25) is 0 Å². The molecule has 2 aromatic rings. The van der Waals surface area contributed by atoms with Crippen LogP contribution in [-0.2, 0) is 4.79 Å². The molecule has 1 N–H and O–H groups in total. The molecule has 0 aliphatic heterocycles. The van der Waals surface area contributed by atoms with Crippen molar-refractivity contribution in [1.29, 1.82) is 0 Å². The van der Waals surface area contributed by atoms with Gasteiger partial charge in [0, 0.05) is 0 Å². The molecule has 2 atom stereocenters. The lowest BCUT2D eigenvalue weighted by molar-refractivity contribution is -0.109. The van der Waals surface area contributed by atoms with Crippen molar-refractivity contribution in [3.05, 3.63) is 30.0 Å². The summed E-state index contributed by atoms with van der Waals surface area (Å²) in [7, 11) is 3.20. The first kappa shape index (κ1) is 23.4. The molecule has 0 aliphatic carbocycles. The standard InChI is InChI=1S/C23H33N3O4/c1-7-8-10-17(14-27)24-23(28)18-13-19(26(25-18)16(4)15(2)3)22-20(29-5)11-9-12-21(22)30-6/h9,11-17H,7-8,10H2,1-6H3,(H,24,28). The minimum absolute atomic E-state index is 0.0260. The van der Waals surface area contributed by atoms with Crippen molar-refractivity contribution in [2.24, 2.45) is 5.92 Å². The molecular formula is C23H33N3O4. The Morgan fingerprint density at radius 3 is 2.33 bits per heavy atom. The molecular weight excluding hydrogens is 382 g/mol. The Bertz CT molecular complexity index is 838. The van der Waals surface area contributed by atoms with E-state index in [9.17, 15) is 9.59 Å². The van der Waals surface area contributed by atoms with Gasteiger partial charge in [-0.3, -0.25) is 9.48 Å². The van der Waals surface area contributed by atoms with Gasteiger partial charge in [-0.15, -0.1) is 0 Å². The number of nitrogens with one attached hydrogen (secondary N) is 1. The number of hydrogen-bond donors (Lipinski definition) is 1. The molecule has 2 rings (SSSR count). The monoisotopic (exact) mass is 415 g/mol. The second kappa shape index (κ2) is 10.8. The quantitative estimate of drug-likeness (QED) is 0.554. The number of nitrogens with zero attached hydrogens (tertiary/aromatic N) is 2. The minimum atomic E-state index is -0.519. The van der Waals surface area contributed by atoms with Gasteiger partial charge in [-0.2, -0.15) is 5.10 Å². The molecule has 0 spiro atoms. The summed E-state index contributed by atoms with van der Waals surface area (Å²) >= 11 is 0. The number of methoxy groups -OCH3 is 2. The Labute approximate surface area is 178 Å². The number of ether oxygens (including phenoxy) is 2. The summed E-state index contributed by atoms with van der Waals surface area (Å²) in [5.41, 5.74) is 1.72. The highest BCUT2D eigenvalue weighted by atomic mass is 16.5. The van der Waals surface area contributed by atoms with E-state index in [-0.39, 0.29) is 23.6 Å². The van der Waals surface area contributed by atoms with Crippen LogP contribution >= 0.6 is 0 Å². The van der Waals surface area contributed by atoms with Gasteiger partial charge in [-0.25, -0.2) is 0 Å². The zero-order valence-electron chi connectivity index (χ0n) is 18.8. The third-order valence-corrected chi connectivity index (χ3v) is 5.35. The summed E-state index contributed by atoms with van der Waals surface area (Å²) in [4.78, 5) is 24.2. The van der Waals surface area contributed by atoms with Crippen LogP contribution in [0.1, 0.15) is 63.5 Å². The van der Waals surface area contributed by atoms with Crippen molar-refractivity contribution in [2.75, 3.05) is 14.2 Å². The second-order valence-electron chi connectivity index (χ2n) is 7.74. The SMILES string of the molecule is CCCCC(C=O)NC(=O)c1cc(-c2c(OC)cccc2OC)n(C(C)C(C)C)n1. The highest BCUT2D eigenvalue weighted by Crippen LogP contribution is 2.40. The van der Waals surface area contributed by atoms with Crippen molar-refractivity contribution >= 4 is 12.2 Å². The number of unbranched alkanes of at least 4 members (excludes halogenated alkanes) is 1. The molecule has 1 heterocycles. The summed E-state index contributed by atoms with van der Waals surface area (Å²) in [5, 5.41) is 7.39. The molecule has 0 bridgehead atoms. The minimum Gasteiger partial charge on any atom is -0.496 e. The molecule has 0 fully saturated rings. The van der Waals surface area contributed by atoms with Gasteiger partial charge in [-0.1, -0.05) is 39.7 Å². The number of aldehydes is 1. The van der Waals surface area contributed by atoms with E-state index in [0.29, 0.717) is 17.9 Å².